The van der Waals surface area contributed by atoms with Crippen molar-refractivity contribution in [2.75, 3.05) is 7.11 Å². The van der Waals surface area contributed by atoms with Crippen LogP contribution in [0.1, 0.15) is 31.9 Å². The van der Waals surface area contributed by atoms with Gasteiger partial charge >= 0.3 is 23.6 Å². The van der Waals surface area contributed by atoms with Crippen LogP contribution in [-0.4, -0.2) is 44.7 Å². The Hall–Kier alpha value is -4.73. The van der Waals surface area contributed by atoms with E-state index in [2.05, 4.69) is 4.98 Å². The molecule has 4 rings (SSSR count). The molecule has 0 N–H and O–H groups in total. The zero-order valence-electron chi connectivity index (χ0n) is 22.8. The molecular formula is C30H31N3O7. The summed E-state index contributed by atoms with van der Waals surface area (Å²) in [4.78, 5) is 55.5. The summed E-state index contributed by atoms with van der Waals surface area (Å²) in [6, 6.07) is 19.4. The highest BCUT2D eigenvalue weighted by atomic mass is 16.6. The number of fused-ring (bicyclic) bond motifs is 1. The maximum Gasteiger partial charge on any atom is 0.335 e. The first-order chi connectivity index (χ1) is 19.1. The Bertz CT molecular complexity index is 1570. The third-order valence-corrected chi connectivity index (χ3v) is 6.04. The fourth-order valence-electron chi connectivity index (χ4n) is 4.15. The molecule has 10 heteroatoms. The number of ether oxygens (including phenoxy) is 3. The number of carbonyl (C=O) groups excluding carboxylic acids is 3. The molecule has 0 radical (unpaired) electrons. The summed E-state index contributed by atoms with van der Waals surface area (Å²) in [5.74, 6) is -3.11. The van der Waals surface area contributed by atoms with Gasteiger partial charge < -0.3 is 14.2 Å². The number of methoxy groups -OCH3 is 1. The molecule has 2 aromatic heterocycles. The monoisotopic (exact) mass is 545 g/mol. The highest BCUT2D eigenvalue weighted by molar-refractivity contribution is 5.95. The van der Waals surface area contributed by atoms with E-state index < -0.39 is 35.1 Å². The zero-order chi connectivity index (χ0) is 28.9. The molecule has 0 amide bonds. The molecule has 0 saturated heterocycles. The molecule has 1 unspecified atom stereocenters. The van der Waals surface area contributed by atoms with E-state index in [0.29, 0.717) is 22.4 Å². The van der Waals surface area contributed by atoms with Crippen molar-refractivity contribution in [3.8, 4) is 5.69 Å². The van der Waals surface area contributed by atoms with E-state index >= 15 is 0 Å². The van der Waals surface area contributed by atoms with Crippen molar-refractivity contribution in [3.05, 3.63) is 94.5 Å². The van der Waals surface area contributed by atoms with Crippen LogP contribution in [0, 0.1) is 5.92 Å². The second kappa shape index (κ2) is 12.0. The van der Waals surface area contributed by atoms with Crippen molar-refractivity contribution in [1.82, 2.24) is 14.1 Å². The number of hydrogen-bond acceptors (Lipinski definition) is 8. The Balaban J connectivity index is 1.60. The van der Waals surface area contributed by atoms with E-state index in [9.17, 15) is 19.2 Å². The number of carbonyl (C=O) groups is 3. The predicted molar refractivity (Wildman–Crippen MR) is 147 cm³/mol. The van der Waals surface area contributed by atoms with Gasteiger partial charge in [-0.2, -0.15) is 0 Å². The van der Waals surface area contributed by atoms with Crippen LogP contribution < -0.4 is 5.69 Å². The van der Waals surface area contributed by atoms with Crippen LogP contribution in [-0.2, 0) is 48.2 Å². The van der Waals surface area contributed by atoms with E-state index in [1.54, 1.807) is 63.4 Å². The molecule has 2 aromatic carbocycles. The lowest BCUT2D eigenvalue weighted by Gasteiger charge is -2.23. The smallest absolute Gasteiger partial charge is 0.335 e. The Kier molecular flexibility index (Phi) is 8.47. The molecule has 0 aliphatic heterocycles. The third kappa shape index (κ3) is 6.63. The fourth-order valence-corrected chi connectivity index (χ4v) is 4.15. The van der Waals surface area contributed by atoms with Gasteiger partial charge in [0.1, 0.15) is 18.8 Å². The van der Waals surface area contributed by atoms with Gasteiger partial charge in [-0.25, -0.2) is 14.3 Å². The highest BCUT2D eigenvalue weighted by Crippen LogP contribution is 2.21. The minimum atomic E-state index is -1.18. The number of hydrogen-bond donors (Lipinski definition) is 0. The Labute approximate surface area is 231 Å². The van der Waals surface area contributed by atoms with Crippen LogP contribution >= 0.6 is 0 Å². The van der Waals surface area contributed by atoms with Gasteiger partial charge in [-0.3, -0.25) is 19.0 Å². The van der Waals surface area contributed by atoms with E-state index in [1.165, 1.54) is 16.2 Å². The number of benzene rings is 2. The normalized spacial score (nSPS) is 12.1. The number of pyridine rings is 1. The van der Waals surface area contributed by atoms with Crippen molar-refractivity contribution >= 4 is 29.1 Å². The predicted octanol–water partition coefficient (Wildman–Crippen LogP) is 3.60. The summed E-state index contributed by atoms with van der Waals surface area (Å²) in [6.45, 7) is 4.96. The van der Waals surface area contributed by atoms with Crippen molar-refractivity contribution in [3.63, 3.8) is 0 Å². The molecule has 208 valence electrons. The first-order valence-corrected chi connectivity index (χ1v) is 12.7. The molecule has 0 saturated carbocycles. The lowest BCUT2D eigenvalue weighted by atomic mass is 9.98. The second-order valence-corrected chi connectivity index (χ2v) is 10.2. The standard InChI is InChI=1S/C30H31N3O7/c1-30(2,3)40-28(36)23(27(35)39-19-21-9-6-5-7-10-21)17-20-12-14-22(15-13-20)33-26-24(11-8-16-31-26)32(29(33)37)18-25(34)38-4/h5-16,23H,17-19H2,1-4H3. The summed E-state index contributed by atoms with van der Waals surface area (Å²) in [6.07, 6.45) is 1.60. The molecule has 40 heavy (non-hydrogen) atoms. The number of esters is 3. The number of rotatable bonds is 9. The average molecular weight is 546 g/mol. The summed E-state index contributed by atoms with van der Waals surface area (Å²) in [5.41, 5.74) is 1.58. The van der Waals surface area contributed by atoms with Gasteiger partial charge in [-0.15, -0.1) is 0 Å². The molecule has 0 aliphatic rings. The quantitative estimate of drug-likeness (QED) is 0.178. The van der Waals surface area contributed by atoms with Gasteiger partial charge in [0.15, 0.2) is 11.6 Å². The Morgan fingerprint density at radius 3 is 2.25 bits per heavy atom. The van der Waals surface area contributed by atoms with Gasteiger partial charge in [0.2, 0.25) is 0 Å². The molecule has 0 fully saturated rings. The minimum Gasteiger partial charge on any atom is -0.468 e. The summed E-state index contributed by atoms with van der Waals surface area (Å²) < 4.78 is 18.4. The van der Waals surface area contributed by atoms with E-state index in [4.69, 9.17) is 14.2 Å². The van der Waals surface area contributed by atoms with Gasteiger partial charge in [-0.05, 0) is 62.6 Å². The van der Waals surface area contributed by atoms with Crippen LogP contribution in [0.5, 0.6) is 0 Å². The average Bonchev–Trinajstić information content (AvgIpc) is 3.21. The lowest BCUT2D eigenvalue weighted by molar-refractivity contribution is -0.169. The van der Waals surface area contributed by atoms with Crippen molar-refractivity contribution in [2.45, 2.75) is 45.9 Å². The molecule has 4 aromatic rings. The topological polar surface area (TPSA) is 119 Å². The highest BCUT2D eigenvalue weighted by Gasteiger charge is 2.33. The molecule has 0 spiro atoms. The van der Waals surface area contributed by atoms with Gasteiger partial charge in [0.05, 0.1) is 18.3 Å². The summed E-state index contributed by atoms with van der Waals surface area (Å²) in [5, 5.41) is 0. The van der Waals surface area contributed by atoms with E-state index in [1.807, 2.05) is 30.3 Å². The third-order valence-electron chi connectivity index (χ3n) is 6.04. The van der Waals surface area contributed by atoms with Gasteiger partial charge in [-0.1, -0.05) is 42.5 Å². The maximum absolute atomic E-state index is 13.3. The van der Waals surface area contributed by atoms with Crippen LogP contribution in [0.15, 0.2) is 77.7 Å². The SMILES string of the molecule is COC(=O)Cn1c(=O)n(-c2ccc(CC(C(=O)OCc3ccccc3)C(=O)OC(C)(C)C)cc2)c2ncccc21. The van der Waals surface area contributed by atoms with Crippen LogP contribution in [0.25, 0.3) is 16.9 Å². The summed E-state index contributed by atoms with van der Waals surface area (Å²) in [7, 11) is 1.26. The molecule has 0 aliphatic carbocycles. The second-order valence-electron chi connectivity index (χ2n) is 10.2. The largest absolute Gasteiger partial charge is 0.468 e. The molecule has 10 nitrogen and oxygen atoms in total. The lowest BCUT2D eigenvalue weighted by Crippen LogP contribution is -2.35. The molecule has 0 bridgehead atoms. The Morgan fingerprint density at radius 1 is 0.900 bits per heavy atom. The molecule has 2 heterocycles. The minimum absolute atomic E-state index is 0.0312. The number of aromatic nitrogens is 3. The van der Waals surface area contributed by atoms with Gasteiger partial charge in [0.25, 0.3) is 0 Å². The van der Waals surface area contributed by atoms with Gasteiger partial charge in [0, 0.05) is 6.20 Å². The fraction of sp³-hybridized carbons (Fsp3) is 0.300. The molecule has 1 atom stereocenters. The van der Waals surface area contributed by atoms with Crippen LogP contribution in [0.2, 0.25) is 0 Å². The molecular weight excluding hydrogens is 514 g/mol. The van der Waals surface area contributed by atoms with Crippen molar-refractivity contribution in [1.29, 1.82) is 0 Å². The first kappa shape index (κ1) is 28.3. The van der Waals surface area contributed by atoms with E-state index in [0.717, 1.165) is 5.56 Å². The van der Waals surface area contributed by atoms with Crippen molar-refractivity contribution < 1.29 is 28.6 Å². The number of imidazole rings is 1. The first-order valence-electron chi connectivity index (χ1n) is 12.7. The van der Waals surface area contributed by atoms with Crippen LogP contribution in [0.3, 0.4) is 0 Å². The maximum atomic E-state index is 13.3. The zero-order valence-corrected chi connectivity index (χ0v) is 22.8. The summed E-state index contributed by atoms with van der Waals surface area (Å²) >= 11 is 0. The number of nitrogens with zero attached hydrogens (tertiary/aromatic N) is 3. The van der Waals surface area contributed by atoms with Crippen LogP contribution in [0.4, 0.5) is 0 Å². The van der Waals surface area contributed by atoms with Crippen molar-refractivity contribution in [2.24, 2.45) is 5.92 Å². The van der Waals surface area contributed by atoms with E-state index in [-0.39, 0.29) is 19.6 Å². The Morgan fingerprint density at radius 2 is 1.60 bits per heavy atom.